The molecule has 4 heteroatoms. The van der Waals surface area contributed by atoms with Gasteiger partial charge in [0.05, 0.1) is 12.1 Å². The maximum atomic E-state index is 12.1. The molecule has 0 radical (unpaired) electrons. The van der Waals surface area contributed by atoms with E-state index in [-0.39, 0.29) is 18.4 Å². The van der Waals surface area contributed by atoms with Crippen LogP contribution >= 0.6 is 0 Å². The summed E-state index contributed by atoms with van der Waals surface area (Å²) in [5, 5.41) is 5.34. The molecular weight excluding hydrogens is 288 g/mol. The fourth-order valence-electron chi connectivity index (χ4n) is 2.11. The third-order valence-electron chi connectivity index (χ3n) is 3.35. The molecule has 0 heterocycles. The monoisotopic (exact) mass is 306 g/mol. The van der Waals surface area contributed by atoms with E-state index in [0.29, 0.717) is 16.7 Å². The second kappa shape index (κ2) is 7.81. The molecule has 23 heavy (non-hydrogen) atoms. The molecule has 0 fully saturated rings. The average molecular weight is 306 g/mol. The standard InChI is InChI=1S/C19H18N2O2/c1-14-8-3-5-11-16(14)19(23)21-13-7-10-15-9-4-6-12-17(15)18(22)20-2/h3-6,8-9,11-12H,13H2,1-2H3,(H,20,22)(H,21,23). The van der Waals surface area contributed by atoms with E-state index >= 15 is 0 Å². The summed E-state index contributed by atoms with van der Waals surface area (Å²) < 4.78 is 0. The van der Waals surface area contributed by atoms with E-state index < -0.39 is 0 Å². The van der Waals surface area contributed by atoms with E-state index in [0.717, 1.165) is 5.56 Å². The lowest BCUT2D eigenvalue weighted by atomic mass is 10.1. The van der Waals surface area contributed by atoms with Gasteiger partial charge in [-0.2, -0.15) is 0 Å². The minimum Gasteiger partial charge on any atom is -0.355 e. The molecule has 4 nitrogen and oxygen atoms in total. The van der Waals surface area contributed by atoms with Crippen molar-refractivity contribution in [2.24, 2.45) is 0 Å². The van der Waals surface area contributed by atoms with Gasteiger partial charge in [0.1, 0.15) is 0 Å². The first kappa shape index (κ1) is 16.3. The minimum absolute atomic E-state index is 0.156. The largest absolute Gasteiger partial charge is 0.355 e. The molecule has 0 aliphatic rings. The van der Waals surface area contributed by atoms with Crippen LogP contribution in [0.3, 0.4) is 0 Å². The van der Waals surface area contributed by atoms with Gasteiger partial charge >= 0.3 is 0 Å². The fourth-order valence-corrected chi connectivity index (χ4v) is 2.11. The molecule has 0 atom stereocenters. The summed E-state index contributed by atoms with van der Waals surface area (Å²) in [6, 6.07) is 14.5. The Morgan fingerprint density at radius 2 is 1.61 bits per heavy atom. The number of aryl methyl sites for hydroxylation is 1. The van der Waals surface area contributed by atoms with E-state index in [1.54, 1.807) is 31.3 Å². The predicted octanol–water partition coefficient (Wildman–Crippen LogP) is 2.14. The fraction of sp³-hybridized carbons (Fsp3) is 0.158. The number of rotatable bonds is 3. The van der Waals surface area contributed by atoms with Crippen molar-refractivity contribution in [3.05, 3.63) is 70.8 Å². The van der Waals surface area contributed by atoms with E-state index in [1.165, 1.54) is 0 Å². The Kier molecular flexibility index (Phi) is 5.54. The topological polar surface area (TPSA) is 58.2 Å². The summed E-state index contributed by atoms with van der Waals surface area (Å²) in [5.41, 5.74) is 2.72. The maximum Gasteiger partial charge on any atom is 0.252 e. The highest BCUT2D eigenvalue weighted by Crippen LogP contribution is 2.07. The molecule has 2 aromatic carbocycles. The molecular formula is C19H18N2O2. The molecule has 116 valence electrons. The number of benzene rings is 2. The van der Waals surface area contributed by atoms with Crippen molar-refractivity contribution in [2.75, 3.05) is 13.6 Å². The molecule has 0 saturated heterocycles. The highest BCUT2D eigenvalue weighted by atomic mass is 16.2. The molecule has 0 saturated carbocycles. The molecule has 2 N–H and O–H groups in total. The number of hydrogen-bond donors (Lipinski definition) is 2. The summed E-state index contributed by atoms with van der Waals surface area (Å²) in [6.45, 7) is 2.11. The molecule has 0 spiro atoms. The van der Waals surface area contributed by atoms with Gasteiger partial charge in [0.15, 0.2) is 0 Å². The first-order valence-electron chi connectivity index (χ1n) is 7.27. The SMILES string of the molecule is CNC(=O)c1ccccc1C#CCNC(=O)c1ccccc1C. The van der Waals surface area contributed by atoms with Crippen LogP contribution in [0.1, 0.15) is 31.8 Å². The average Bonchev–Trinajstić information content (AvgIpc) is 2.58. The van der Waals surface area contributed by atoms with Gasteiger partial charge in [-0.3, -0.25) is 9.59 Å². The Bertz CT molecular complexity index is 785. The Hall–Kier alpha value is -3.06. The van der Waals surface area contributed by atoms with E-state index in [9.17, 15) is 9.59 Å². The van der Waals surface area contributed by atoms with E-state index in [1.807, 2.05) is 31.2 Å². The smallest absolute Gasteiger partial charge is 0.252 e. The van der Waals surface area contributed by atoms with Gasteiger partial charge in [-0.15, -0.1) is 0 Å². The maximum absolute atomic E-state index is 12.1. The highest BCUT2D eigenvalue weighted by Gasteiger charge is 2.07. The van der Waals surface area contributed by atoms with Crippen LogP contribution < -0.4 is 10.6 Å². The van der Waals surface area contributed by atoms with Gasteiger partial charge in [-0.25, -0.2) is 0 Å². The first-order valence-corrected chi connectivity index (χ1v) is 7.27. The van der Waals surface area contributed by atoms with Gasteiger partial charge in [-0.05, 0) is 30.7 Å². The summed E-state index contributed by atoms with van der Waals surface area (Å²) in [5.74, 6) is 5.47. The minimum atomic E-state index is -0.182. The van der Waals surface area contributed by atoms with E-state index in [2.05, 4.69) is 22.5 Å². The Morgan fingerprint density at radius 3 is 2.30 bits per heavy atom. The van der Waals surface area contributed by atoms with Crippen LogP contribution in [0.25, 0.3) is 0 Å². The van der Waals surface area contributed by atoms with Crippen molar-refractivity contribution in [2.45, 2.75) is 6.92 Å². The van der Waals surface area contributed by atoms with Crippen molar-refractivity contribution in [1.82, 2.24) is 10.6 Å². The van der Waals surface area contributed by atoms with Crippen LogP contribution in [0.15, 0.2) is 48.5 Å². The Morgan fingerprint density at radius 1 is 0.957 bits per heavy atom. The van der Waals surface area contributed by atoms with Crippen molar-refractivity contribution in [3.8, 4) is 11.8 Å². The van der Waals surface area contributed by atoms with Crippen LogP contribution in [-0.2, 0) is 0 Å². The summed E-state index contributed by atoms with van der Waals surface area (Å²) in [7, 11) is 1.58. The predicted molar refractivity (Wildman–Crippen MR) is 90.2 cm³/mol. The molecule has 2 aromatic rings. The molecule has 0 unspecified atom stereocenters. The van der Waals surface area contributed by atoms with Crippen molar-refractivity contribution in [1.29, 1.82) is 0 Å². The summed E-state index contributed by atoms with van der Waals surface area (Å²) >= 11 is 0. The first-order chi connectivity index (χ1) is 11.1. The molecule has 2 rings (SSSR count). The number of amides is 2. The summed E-state index contributed by atoms with van der Waals surface area (Å²) in [6.07, 6.45) is 0. The summed E-state index contributed by atoms with van der Waals surface area (Å²) in [4.78, 5) is 23.8. The molecule has 0 aliphatic carbocycles. The molecule has 0 aliphatic heterocycles. The number of carbonyl (C=O) groups is 2. The second-order valence-corrected chi connectivity index (χ2v) is 4.92. The molecule has 0 bridgehead atoms. The van der Waals surface area contributed by atoms with Gasteiger partial charge in [-0.1, -0.05) is 42.2 Å². The third-order valence-corrected chi connectivity index (χ3v) is 3.35. The quantitative estimate of drug-likeness (QED) is 0.854. The van der Waals surface area contributed by atoms with Crippen molar-refractivity contribution in [3.63, 3.8) is 0 Å². The zero-order chi connectivity index (χ0) is 16.7. The lowest BCUT2D eigenvalue weighted by Gasteiger charge is -2.04. The lowest BCUT2D eigenvalue weighted by Crippen LogP contribution is -2.24. The van der Waals surface area contributed by atoms with Gasteiger partial charge in [0.2, 0.25) is 0 Å². The van der Waals surface area contributed by atoms with Crippen LogP contribution in [0.2, 0.25) is 0 Å². The van der Waals surface area contributed by atoms with Crippen LogP contribution in [0, 0.1) is 18.8 Å². The second-order valence-electron chi connectivity index (χ2n) is 4.92. The Labute approximate surface area is 135 Å². The number of hydrogen-bond acceptors (Lipinski definition) is 2. The normalized spacial score (nSPS) is 9.48. The van der Waals surface area contributed by atoms with Gasteiger partial charge in [0, 0.05) is 18.2 Å². The van der Waals surface area contributed by atoms with Crippen molar-refractivity contribution < 1.29 is 9.59 Å². The van der Waals surface area contributed by atoms with Crippen molar-refractivity contribution >= 4 is 11.8 Å². The molecule has 0 aromatic heterocycles. The lowest BCUT2D eigenvalue weighted by molar-refractivity contribution is 0.0951. The zero-order valence-corrected chi connectivity index (χ0v) is 13.1. The van der Waals surface area contributed by atoms with Crippen LogP contribution in [-0.4, -0.2) is 25.4 Å². The van der Waals surface area contributed by atoms with Gasteiger partial charge in [0.25, 0.3) is 11.8 Å². The molecule has 2 amide bonds. The third kappa shape index (κ3) is 4.21. The van der Waals surface area contributed by atoms with E-state index in [4.69, 9.17) is 0 Å². The number of carbonyl (C=O) groups excluding carboxylic acids is 2. The van der Waals surface area contributed by atoms with Crippen LogP contribution in [0.4, 0.5) is 0 Å². The van der Waals surface area contributed by atoms with Gasteiger partial charge < -0.3 is 10.6 Å². The zero-order valence-electron chi connectivity index (χ0n) is 13.1. The van der Waals surface area contributed by atoms with Crippen LogP contribution in [0.5, 0.6) is 0 Å². The highest BCUT2D eigenvalue weighted by molar-refractivity contribution is 5.97. The Balaban J connectivity index is 2.03. The number of nitrogens with one attached hydrogen (secondary N) is 2.